The number of amides is 1. The highest BCUT2D eigenvalue weighted by atomic mass is 35.5. The number of halogens is 1. The van der Waals surface area contributed by atoms with Crippen LogP contribution in [0.25, 0.3) is 0 Å². The molecule has 4 heteroatoms. The van der Waals surface area contributed by atoms with Crippen molar-refractivity contribution in [2.75, 3.05) is 0 Å². The minimum Gasteiger partial charge on any atom is -0.349 e. The van der Waals surface area contributed by atoms with Crippen LogP contribution in [0.2, 0.25) is 0 Å². The molecule has 0 spiro atoms. The Hall–Kier alpha value is -1.06. The van der Waals surface area contributed by atoms with Crippen LogP contribution in [0.1, 0.15) is 63.6 Å². The predicted octanol–water partition coefficient (Wildman–Crippen LogP) is 4.14. The third kappa shape index (κ3) is 5.50. The summed E-state index contributed by atoms with van der Waals surface area (Å²) in [4.78, 5) is 12.7. The lowest BCUT2D eigenvalue weighted by Crippen LogP contribution is -2.42. The Morgan fingerprint density at radius 1 is 1.30 bits per heavy atom. The van der Waals surface area contributed by atoms with Crippen molar-refractivity contribution in [3.05, 3.63) is 35.4 Å². The maximum atomic E-state index is 12.7. The van der Waals surface area contributed by atoms with Gasteiger partial charge in [0.15, 0.2) is 0 Å². The molecule has 2 rings (SSSR count). The van der Waals surface area contributed by atoms with Crippen molar-refractivity contribution >= 4 is 18.3 Å². The van der Waals surface area contributed by atoms with Gasteiger partial charge in [0.2, 0.25) is 5.91 Å². The number of nitrogens with two attached hydrogens (primary N) is 1. The highest BCUT2D eigenvalue weighted by Crippen LogP contribution is 2.34. The molecule has 1 saturated carbocycles. The molecule has 1 amide bonds. The van der Waals surface area contributed by atoms with E-state index in [1.54, 1.807) is 0 Å². The first-order valence-electron chi connectivity index (χ1n) is 8.40. The van der Waals surface area contributed by atoms with Gasteiger partial charge in [0, 0.05) is 12.0 Å². The number of hydrogen-bond acceptors (Lipinski definition) is 2. The third-order valence-electron chi connectivity index (χ3n) is 4.61. The van der Waals surface area contributed by atoms with Gasteiger partial charge in [-0.15, -0.1) is 12.4 Å². The number of carbonyl (C=O) groups is 1. The van der Waals surface area contributed by atoms with Crippen LogP contribution >= 0.6 is 12.4 Å². The molecular formula is C19H31ClN2O. The largest absolute Gasteiger partial charge is 0.349 e. The molecule has 3 nitrogen and oxygen atoms in total. The molecule has 0 aromatic heterocycles. The molecule has 3 unspecified atom stereocenters. The highest BCUT2D eigenvalue weighted by Gasteiger charge is 2.32. The van der Waals surface area contributed by atoms with E-state index in [2.05, 4.69) is 57.3 Å². The van der Waals surface area contributed by atoms with E-state index in [1.807, 2.05) is 0 Å². The van der Waals surface area contributed by atoms with Gasteiger partial charge in [-0.3, -0.25) is 4.79 Å². The third-order valence-corrected chi connectivity index (χ3v) is 4.61. The van der Waals surface area contributed by atoms with Crippen molar-refractivity contribution in [1.82, 2.24) is 5.32 Å². The molecule has 1 aliphatic rings. The molecule has 130 valence electrons. The summed E-state index contributed by atoms with van der Waals surface area (Å²) in [6.07, 6.45) is 3.88. The maximum absolute atomic E-state index is 12.7. The van der Waals surface area contributed by atoms with Crippen LogP contribution in [0.4, 0.5) is 0 Å². The molecule has 3 N–H and O–H groups in total. The monoisotopic (exact) mass is 338 g/mol. The molecule has 1 aromatic carbocycles. The van der Waals surface area contributed by atoms with Crippen molar-refractivity contribution in [2.24, 2.45) is 17.1 Å². The molecule has 0 heterocycles. The van der Waals surface area contributed by atoms with Gasteiger partial charge in [-0.05, 0) is 37.2 Å². The number of benzene rings is 1. The predicted molar refractivity (Wildman–Crippen MR) is 98.7 cm³/mol. The van der Waals surface area contributed by atoms with Crippen LogP contribution in [0.15, 0.2) is 24.3 Å². The van der Waals surface area contributed by atoms with Crippen molar-refractivity contribution < 1.29 is 4.79 Å². The molecule has 1 fully saturated rings. The Morgan fingerprint density at radius 2 is 2.00 bits per heavy atom. The highest BCUT2D eigenvalue weighted by molar-refractivity contribution is 5.85. The average molecular weight is 339 g/mol. The van der Waals surface area contributed by atoms with Gasteiger partial charge in [-0.1, -0.05) is 57.0 Å². The van der Waals surface area contributed by atoms with Gasteiger partial charge >= 0.3 is 0 Å². The summed E-state index contributed by atoms with van der Waals surface area (Å²) in [5.41, 5.74) is 8.41. The SMILES string of the molecule is Cc1cccc(C(NC(=O)C2CCCC(N)C2)C(C)(C)C)c1.Cl. The summed E-state index contributed by atoms with van der Waals surface area (Å²) in [6.45, 7) is 8.61. The molecule has 1 aromatic rings. The average Bonchev–Trinajstić information content (AvgIpc) is 2.43. The fraction of sp³-hybridized carbons (Fsp3) is 0.632. The quantitative estimate of drug-likeness (QED) is 0.870. The number of rotatable bonds is 3. The molecule has 0 saturated heterocycles. The van der Waals surface area contributed by atoms with E-state index >= 15 is 0 Å². The van der Waals surface area contributed by atoms with Gasteiger partial charge < -0.3 is 11.1 Å². The van der Waals surface area contributed by atoms with Crippen LogP contribution in [-0.2, 0) is 4.79 Å². The van der Waals surface area contributed by atoms with E-state index in [4.69, 9.17) is 5.73 Å². The molecular weight excluding hydrogens is 308 g/mol. The zero-order chi connectivity index (χ0) is 16.3. The maximum Gasteiger partial charge on any atom is 0.223 e. The Balaban J connectivity index is 0.00000264. The van der Waals surface area contributed by atoms with Gasteiger partial charge in [-0.2, -0.15) is 0 Å². The number of aryl methyl sites for hydroxylation is 1. The van der Waals surface area contributed by atoms with Crippen LogP contribution in [0.3, 0.4) is 0 Å². The van der Waals surface area contributed by atoms with Gasteiger partial charge in [0.25, 0.3) is 0 Å². The number of hydrogen-bond donors (Lipinski definition) is 2. The van der Waals surface area contributed by atoms with E-state index in [-0.39, 0.29) is 41.7 Å². The van der Waals surface area contributed by atoms with Crippen LogP contribution in [0.5, 0.6) is 0 Å². The van der Waals surface area contributed by atoms with Gasteiger partial charge in [0.05, 0.1) is 6.04 Å². The second-order valence-corrected chi connectivity index (χ2v) is 7.85. The van der Waals surface area contributed by atoms with Crippen molar-refractivity contribution in [3.8, 4) is 0 Å². The van der Waals surface area contributed by atoms with E-state index in [0.29, 0.717) is 0 Å². The van der Waals surface area contributed by atoms with Gasteiger partial charge in [-0.25, -0.2) is 0 Å². The first-order chi connectivity index (χ1) is 10.3. The minimum atomic E-state index is -0.0275. The second-order valence-electron chi connectivity index (χ2n) is 7.85. The van der Waals surface area contributed by atoms with Crippen molar-refractivity contribution in [2.45, 2.75) is 65.5 Å². The topological polar surface area (TPSA) is 55.1 Å². The smallest absolute Gasteiger partial charge is 0.223 e. The van der Waals surface area contributed by atoms with E-state index in [1.165, 1.54) is 11.1 Å². The first kappa shape index (κ1) is 20.0. The Kier molecular flexibility index (Phi) is 7.09. The number of carbonyl (C=O) groups excluding carboxylic acids is 1. The van der Waals surface area contributed by atoms with Crippen molar-refractivity contribution in [3.63, 3.8) is 0 Å². The fourth-order valence-corrected chi connectivity index (χ4v) is 3.38. The van der Waals surface area contributed by atoms with Crippen LogP contribution in [0, 0.1) is 18.3 Å². The Bertz CT molecular complexity index is 524. The number of nitrogens with one attached hydrogen (secondary N) is 1. The summed E-state index contributed by atoms with van der Waals surface area (Å²) < 4.78 is 0. The lowest BCUT2D eigenvalue weighted by atomic mass is 9.80. The zero-order valence-electron chi connectivity index (χ0n) is 14.8. The molecule has 1 aliphatic carbocycles. The summed E-state index contributed by atoms with van der Waals surface area (Å²) in [6, 6.07) is 8.63. The second kappa shape index (κ2) is 8.16. The molecule has 3 atom stereocenters. The van der Waals surface area contributed by atoms with Crippen molar-refractivity contribution in [1.29, 1.82) is 0 Å². The summed E-state index contributed by atoms with van der Waals surface area (Å²) in [5, 5.41) is 3.30. The zero-order valence-corrected chi connectivity index (χ0v) is 15.6. The summed E-state index contributed by atoms with van der Waals surface area (Å²) >= 11 is 0. The van der Waals surface area contributed by atoms with Gasteiger partial charge in [0.1, 0.15) is 0 Å². The molecule has 0 bridgehead atoms. The Morgan fingerprint density at radius 3 is 2.57 bits per heavy atom. The van der Waals surface area contributed by atoms with Crippen LogP contribution < -0.4 is 11.1 Å². The minimum absolute atomic E-state index is 0. The lowest BCUT2D eigenvalue weighted by molar-refractivity contribution is -0.127. The first-order valence-corrected chi connectivity index (χ1v) is 8.40. The lowest BCUT2D eigenvalue weighted by Gasteiger charge is -2.34. The van der Waals surface area contributed by atoms with E-state index in [9.17, 15) is 4.79 Å². The Labute approximate surface area is 146 Å². The fourth-order valence-electron chi connectivity index (χ4n) is 3.38. The standard InChI is InChI=1S/C19H30N2O.ClH/c1-13-7-5-8-14(11-13)17(19(2,3)4)21-18(22)15-9-6-10-16(20)12-15;/h5,7-8,11,15-17H,6,9-10,12,20H2,1-4H3,(H,21,22);1H. The molecule has 0 aliphatic heterocycles. The summed E-state index contributed by atoms with van der Waals surface area (Å²) in [5.74, 6) is 0.231. The normalized spacial score (nSPS) is 22.8. The van der Waals surface area contributed by atoms with E-state index in [0.717, 1.165) is 25.7 Å². The molecule has 0 radical (unpaired) electrons. The van der Waals surface area contributed by atoms with E-state index < -0.39 is 0 Å². The summed E-state index contributed by atoms with van der Waals surface area (Å²) in [7, 11) is 0. The van der Waals surface area contributed by atoms with Crippen LogP contribution in [-0.4, -0.2) is 11.9 Å². The molecule has 23 heavy (non-hydrogen) atoms.